The molecule has 0 spiro atoms. The van der Waals surface area contributed by atoms with Crippen molar-refractivity contribution in [2.24, 2.45) is 0 Å². The molecule has 0 saturated heterocycles. The largest absolute Gasteiger partial charge is 2.00 e. The number of benzene rings is 2. The van der Waals surface area contributed by atoms with Gasteiger partial charge in [-0.05, 0) is 154 Å². The molecule has 0 fully saturated rings. The van der Waals surface area contributed by atoms with Gasteiger partial charge in [0.1, 0.15) is 5.57 Å². The Hall–Kier alpha value is -2.43. The second-order valence-electron chi connectivity index (χ2n) is 43.1. The molecule has 0 saturated carbocycles. The molecule has 2 aromatic rings. The zero-order chi connectivity index (χ0) is 96.2. The maximum absolute atomic E-state index is 13.5. The molecule has 0 amide bonds. The summed E-state index contributed by atoms with van der Waals surface area (Å²) in [5.41, 5.74) is 29.9. The molecule has 0 unspecified atom stereocenters. The number of hydrogen-bond acceptors (Lipinski definition) is 0. The van der Waals surface area contributed by atoms with E-state index in [1.807, 2.05) is 0 Å². The van der Waals surface area contributed by atoms with Gasteiger partial charge >= 0.3 is 16.5 Å². The summed E-state index contributed by atoms with van der Waals surface area (Å²) in [7, 11) is 0. The molecule has 0 bridgehead atoms. The molecule has 0 radical (unpaired) electrons. The molecular formula is C131H240N2Ni. The second-order valence-corrected chi connectivity index (χ2v) is 43.1. The molecule has 2 aromatic carbocycles. The van der Waals surface area contributed by atoms with E-state index in [0.29, 0.717) is 0 Å². The summed E-state index contributed by atoms with van der Waals surface area (Å²) in [6.45, 7) is 31.1. The summed E-state index contributed by atoms with van der Waals surface area (Å²) in [5.74, 6) is 7.84. The first-order valence-electron chi connectivity index (χ1n) is 62.1. The smallest absolute Gasteiger partial charge is 0.493 e. The minimum Gasteiger partial charge on any atom is -0.493 e. The van der Waals surface area contributed by atoms with Crippen LogP contribution in [0, 0.1) is 25.7 Å². The van der Waals surface area contributed by atoms with Gasteiger partial charge in [0.2, 0.25) is 11.4 Å². The van der Waals surface area contributed by atoms with E-state index in [4.69, 9.17) is 0 Å². The summed E-state index contributed by atoms with van der Waals surface area (Å²) in [5, 5.41) is 0. The predicted molar refractivity (Wildman–Crippen MR) is 606 cm³/mol. The molecule has 784 valence electrons. The number of nitrogens with zero attached hydrogens (tertiary/aromatic N) is 2. The zero-order valence-electron chi connectivity index (χ0n) is 93.4. The first-order valence-corrected chi connectivity index (χ1v) is 62.1. The Morgan fingerprint density at radius 1 is 0.201 bits per heavy atom. The molecule has 3 heteroatoms. The van der Waals surface area contributed by atoms with E-state index in [-0.39, 0.29) is 16.5 Å². The Morgan fingerprint density at radius 3 is 0.597 bits per heavy atom. The molecule has 0 aromatic heterocycles. The van der Waals surface area contributed by atoms with Gasteiger partial charge in [-0.3, -0.25) is 0 Å². The van der Waals surface area contributed by atoms with Crippen LogP contribution in [0.4, 0.5) is 0 Å². The molecule has 3 rings (SSSR count). The summed E-state index contributed by atoms with van der Waals surface area (Å²) in [6.07, 6.45) is 138. The van der Waals surface area contributed by atoms with Crippen molar-refractivity contribution in [3.8, 4) is 11.8 Å². The monoisotopic (exact) mass is 1900 g/mol. The summed E-state index contributed by atoms with van der Waals surface area (Å²) in [6, 6.07) is 10.3. The van der Waals surface area contributed by atoms with Gasteiger partial charge in [-0.15, -0.1) is 0 Å². The van der Waals surface area contributed by atoms with Gasteiger partial charge < -0.3 is 19.4 Å². The first kappa shape index (κ1) is 132. The van der Waals surface area contributed by atoms with Crippen LogP contribution < -0.4 is 0 Å². The van der Waals surface area contributed by atoms with Crippen molar-refractivity contribution in [1.82, 2.24) is 0 Å². The first-order chi connectivity index (χ1) is 65.8. The fraction of sp³-hybridized carbons (Fsp3) is 0.847. The van der Waals surface area contributed by atoms with Crippen LogP contribution in [0.2, 0.25) is 0 Å². The fourth-order valence-electron chi connectivity index (χ4n) is 21.1. The third kappa shape index (κ3) is 77.2. The molecule has 1 heterocycles. The van der Waals surface area contributed by atoms with E-state index in [9.17, 15) is 5.53 Å². The van der Waals surface area contributed by atoms with E-state index in [1.54, 1.807) is 38.1 Å². The van der Waals surface area contributed by atoms with Crippen LogP contribution in [0.1, 0.15) is 724 Å². The molecule has 0 aliphatic carbocycles. The molecule has 0 N–H and O–H groups in total. The van der Waals surface area contributed by atoms with Gasteiger partial charge in [0.15, 0.2) is 0 Å². The summed E-state index contributed by atoms with van der Waals surface area (Å²) < 4.78 is 1.73. The van der Waals surface area contributed by atoms with Crippen LogP contribution in [0.25, 0.3) is 16.9 Å². The number of allylic oxidation sites excluding steroid dienone is 2. The molecule has 1 aliphatic heterocycles. The molecule has 1 aliphatic rings. The van der Waals surface area contributed by atoms with Gasteiger partial charge in [-0.2, -0.15) is 12.8 Å². The Labute approximate surface area is 855 Å². The fourth-order valence-corrected chi connectivity index (χ4v) is 21.1. The third-order valence-corrected chi connectivity index (χ3v) is 30.0. The van der Waals surface area contributed by atoms with Crippen LogP contribution in [-0.2, 0) is 55.0 Å². The third-order valence-electron chi connectivity index (χ3n) is 30.0. The van der Waals surface area contributed by atoms with Crippen LogP contribution in [0.5, 0.6) is 0 Å². The quantitative estimate of drug-likeness (QED) is 0.0207. The van der Waals surface area contributed by atoms with Crippen molar-refractivity contribution in [2.45, 2.75) is 718 Å². The minimum absolute atomic E-state index is 0. The van der Waals surface area contributed by atoms with Crippen molar-refractivity contribution in [1.29, 1.82) is 0 Å². The van der Waals surface area contributed by atoms with Crippen LogP contribution in [0.3, 0.4) is 0 Å². The van der Waals surface area contributed by atoms with Gasteiger partial charge in [0, 0.05) is 23.1 Å². The van der Waals surface area contributed by atoms with Crippen LogP contribution >= 0.6 is 0 Å². The molecule has 134 heavy (non-hydrogen) atoms. The van der Waals surface area contributed by atoms with E-state index in [1.165, 1.54) is 607 Å². The van der Waals surface area contributed by atoms with Crippen molar-refractivity contribution >= 4 is 11.4 Å². The Morgan fingerprint density at radius 2 is 0.366 bits per heavy atom. The Balaban J connectivity index is 0.00000305. The van der Waals surface area contributed by atoms with Gasteiger partial charge in [-0.25, -0.2) is 4.70 Å². The maximum atomic E-state index is 13.5. The summed E-state index contributed by atoms with van der Waals surface area (Å²) in [4.78, 5) is 0. The van der Waals surface area contributed by atoms with Gasteiger partial charge in [0.25, 0.3) is 0 Å². The number of rotatable bonds is 100. The van der Waals surface area contributed by atoms with Crippen LogP contribution in [-0.4, -0.2) is 4.70 Å². The van der Waals surface area contributed by atoms with Gasteiger partial charge in [0.05, 0.1) is 0 Å². The van der Waals surface area contributed by atoms with E-state index >= 15 is 0 Å². The van der Waals surface area contributed by atoms with Crippen molar-refractivity contribution < 1.29 is 21.2 Å². The predicted octanol–water partition coefficient (Wildman–Crippen LogP) is 47.0. The minimum atomic E-state index is 0. The maximum Gasteiger partial charge on any atom is 2.00 e. The second kappa shape index (κ2) is 106. The van der Waals surface area contributed by atoms with Crippen molar-refractivity contribution in [3.63, 3.8) is 0 Å². The SMILES string of the molecule is CCCCCCCCCCCCCCCCCCCCCCCCCCC#CC1=C(c2cc(CCCCC)c(CCCCC)c(CCCCC)c2)[N+](=[N-])C(c2cc(CCCCCC)c(CCCCCC)c(CCCCCC)c2)=C1CCCCCCCC.[CH2-]CCCCCCCCCCCCCCCCCCCCCC.[CH2-]CCCCCCCCCCCCCCCCCCCCCC.[Ni+2]. The summed E-state index contributed by atoms with van der Waals surface area (Å²) >= 11 is 0. The van der Waals surface area contributed by atoms with Crippen molar-refractivity contribution in [3.05, 3.63) is 99.3 Å². The average Bonchev–Trinajstić information content (AvgIpc) is 1.59. The van der Waals surface area contributed by atoms with E-state index in [0.717, 1.165) is 74.8 Å². The zero-order valence-corrected chi connectivity index (χ0v) is 94.3. The van der Waals surface area contributed by atoms with Crippen molar-refractivity contribution in [2.75, 3.05) is 0 Å². The standard InChI is InChI=1S/C85H146N2.2C23H47.Ni/c1-9-17-25-30-32-33-34-35-36-37-38-39-40-41-42-43-44-45-46-47-48-49-50-51-53-61-69-83-82(68-60-52-31-26-18-10-2)85(79-72-76(64-57-27-19-11-3)81(67-59-29-21-13-5)77(73-79)65-58-28-20-12-4)87(86)84(83)78-70-74(62-54-22-14-6)80(66-56-24-16-8)75(71-78)63-55-23-15-7;2*1-3-5-7-9-11-13-15-17-19-21-23-22-20-18-16-14-12-10-8-6-4-2;/h70-73H,9-60,62-68H2,1-8H3;2*1,3-23H2,2H3;/q;2*-1;+2. The van der Waals surface area contributed by atoms with E-state index in [2.05, 4.69) is 119 Å². The topological polar surface area (TPSA) is 25.3 Å². The Kier molecular flexibility index (Phi) is 104. The number of hydrogen-bond donors (Lipinski definition) is 0. The normalized spacial score (nSPS) is 12.0. The van der Waals surface area contributed by atoms with Crippen LogP contribution in [0.15, 0.2) is 35.4 Å². The average molecular weight is 1900 g/mol. The molecular weight excluding hydrogens is 1660 g/mol. The van der Waals surface area contributed by atoms with Gasteiger partial charge in [-0.1, -0.05) is 614 Å². The Bertz CT molecular complexity index is 2740. The molecule has 2 nitrogen and oxygen atoms in total. The van der Waals surface area contributed by atoms with E-state index < -0.39 is 0 Å². The number of aryl methyl sites for hydroxylation is 4. The number of unbranched alkanes of at least 4 members (excludes halogenated alkanes) is 84. The molecule has 0 atom stereocenters.